The molecule has 0 unspecified atom stereocenters. The number of aromatic nitrogens is 2. The molecule has 24 heavy (non-hydrogen) atoms. The van der Waals surface area contributed by atoms with E-state index >= 15 is 0 Å². The molecule has 0 radical (unpaired) electrons. The predicted octanol–water partition coefficient (Wildman–Crippen LogP) is 5.60. The number of hydrogen-bond donors (Lipinski definition) is 0. The van der Waals surface area contributed by atoms with E-state index in [-0.39, 0.29) is 0 Å². The fourth-order valence-corrected chi connectivity index (χ4v) is 3.78. The molecule has 2 aromatic carbocycles. The summed E-state index contributed by atoms with van der Waals surface area (Å²) in [5.41, 5.74) is 4.38. The Bertz CT molecular complexity index is 855. The van der Waals surface area contributed by atoms with E-state index in [1.807, 2.05) is 24.4 Å². The predicted molar refractivity (Wildman–Crippen MR) is 100 cm³/mol. The highest BCUT2D eigenvalue weighted by Crippen LogP contribution is 2.33. The van der Waals surface area contributed by atoms with E-state index in [2.05, 4.69) is 46.8 Å². The Balaban J connectivity index is 1.65. The van der Waals surface area contributed by atoms with Gasteiger partial charge in [-0.2, -0.15) is 0 Å². The van der Waals surface area contributed by atoms with Gasteiger partial charge in [0.05, 0.1) is 16.7 Å². The molecule has 0 bridgehead atoms. The zero-order valence-electron chi connectivity index (χ0n) is 14.2. The second-order valence-electron chi connectivity index (χ2n) is 6.66. The first-order valence-electron chi connectivity index (χ1n) is 8.89. The number of benzene rings is 2. The molecule has 1 aliphatic rings. The first-order chi connectivity index (χ1) is 11.8. The van der Waals surface area contributed by atoms with Crippen LogP contribution in [0.4, 0.5) is 5.69 Å². The Morgan fingerprint density at radius 1 is 1.04 bits per heavy atom. The van der Waals surface area contributed by atoms with Crippen LogP contribution >= 0.6 is 0 Å². The summed E-state index contributed by atoms with van der Waals surface area (Å²) in [4.78, 5) is 9.40. The van der Waals surface area contributed by atoms with Crippen molar-refractivity contribution in [3.63, 3.8) is 0 Å². The second-order valence-corrected chi connectivity index (χ2v) is 6.66. The summed E-state index contributed by atoms with van der Waals surface area (Å²) in [6.45, 7) is 2.13. The number of hydrogen-bond acceptors (Lipinski definition) is 2. The SMILES string of the molecule is Cc1nc2cc(N=Cc3ccccc3)ccc2n1C1CCCCC1. The van der Waals surface area contributed by atoms with Gasteiger partial charge in [-0.1, -0.05) is 49.6 Å². The largest absolute Gasteiger partial charge is 0.325 e. The molecule has 1 heterocycles. The van der Waals surface area contributed by atoms with Crippen LogP contribution in [-0.4, -0.2) is 15.8 Å². The van der Waals surface area contributed by atoms with Crippen LogP contribution in [0.15, 0.2) is 53.5 Å². The number of imidazole rings is 1. The van der Waals surface area contributed by atoms with Crippen molar-refractivity contribution in [2.24, 2.45) is 4.99 Å². The lowest BCUT2D eigenvalue weighted by atomic mass is 9.95. The van der Waals surface area contributed by atoms with Gasteiger partial charge in [0.2, 0.25) is 0 Å². The smallest absolute Gasteiger partial charge is 0.106 e. The monoisotopic (exact) mass is 317 g/mol. The molecule has 4 rings (SSSR count). The molecule has 0 aliphatic heterocycles. The lowest BCUT2D eigenvalue weighted by Crippen LogP contribution is -2.13. The summed E-state index contributed by atoms with van der Waals surface area (Å²) in [6, 6.07) is 17.2. The molecule has 1 aromatic heterocycles. The average molecular weight is 317 g/mol. The van der Waals surface area contributed by atoms with Crippen molar-refractivity contribution in [2.45, 2.75) is 45.1 Å². The van der Waals surface area contributed by atoms with Crippen LogP contribution in [0.5, 0.6) is 0 Å². The third kappa shape index (κ3) is 2.99. The van der Waals surface area contributed by atoms with Gasteiger partial charge < -0.3 is 4.57 Å². The van der Waals surface area contributed by atoms with Crippen molar-refractivity contribution in [3.8, 4) is 0 Å². The fourth-order valence-electron chi connectivity index (χ4n) is 3.78. The van der Waals surface area contributed by atoms with Gasteiger partial charge in [-0.3, -0.25) is 4.99 Å². The maximum atomic E-state index is 4.79. The van der Waals surface area contributed by atoms with Crippen LogP contribution in [0.3, 0.4) is 0 Å². The van der Waals surface area contributed by atoms with Crippen molar-refractivity contribution in [1.82, 2.24) is 9.55 Å². The van der Waals surface area contributed by atoms with Gasteiger partial charge in [0.1, 0.15) is 5.82 Å². The first-order valence-corrected chi connectivity index (χ1v) is 8.89. The fraction of sp³-hybridized carbons (Fsp3) is 0.333. The lowest BCUT2D eigenvalue weighted by Gasteiger charge is -2.24. The molecule has 1 saturated carbocycles. The van der Waals surface area contributed by atoms with Crippen molar-refractivity contribution in [2.75, 3.05) is 0 Å². The number of fused-ring (bicyclic) bond motifs is 1. The van der Waals surface area contributed by atoms with Gasteiger partial charge >= 0.3 is 0 Å². The Morgan fingerprint density at radius 3 is 2.62 bits per heavy atom. The molecule has 0 N–H and O–H groups in total. The highest BCUT2D eigenvalue weighted by molar-refractivity contribution is 5.84. The molecule has 122 valence electrons. The van der Waals surface area contributed by atoms with E-state index < -0.39 is 0 Å². The van der Waals surface area contributed by atoms with Crippen LogP contribution in [0.1, 0.15) is 49.5 Å². The third-order valence-corrected chi connectivity index (χ3v) is 4.95. The zero-order chi connectivity index (χ0) is 16.4. The number of rotatable bonds is 3. The zero-order valence-corrected chi connectivity index (χ0v) is 14.2. The van der Waals surface area contributed by atoms with Crippen LogP contribution in [0.25, 0.3) is 11.0 Å². The van der Waals surface area contributed by atoms with E-state index in [0.717, 1.165) is 22.6 Å². The standard InChI is InChI=1S/C21H23N3/c1-16-23-20-14-18(22-15-17-8-4-2-5-9-17)12-13-21(20)24(16)19-10-6-3-7-11-19/h2,4-5,8-9,12-15,19H,3,6-7,10-11H2,1H3. The molecule has 1 aliphatic carbocycles. The number of nitrogens with zero attached hydrogens (tertiary/aromatic N) is 3. The molecular weight excluding hydrogens is 294 g/mol. The van der Waals surface area contributed by atoms with Crippen LogP contribution in [0.2, 0.25) is 0 Å². The van der Waals surface area contributed by atoms with E-state index in [9.17, 15) is 0 Å². The Kier molecular flexibility index (Phi) is 4.16. The summed E-state index contributed by atoms with van der Waals surface area (Å²) < 4.78 is 2.44. The molecule has 0 amide bonds. The van der Waals surface area contributed by atoms with Gasteiger partial charge in [-0.05, 0) is 43.5 Å². The van der Waals surface area contributed by atoms with Gasteiger partial charge in [0.15, 0.2) is 0 Å². The maximum Gasteiger partial charge on any atom is 0.106 e. The molecule has 0 spiro atoms. The van der Waals surface area contributed by atoms with E-state index in [4.69, 9.17) is 4.98 Å². The van der Waals surface area contributed by atoms with E-state index in [1.165, 1.54) is 37.6 Å². The van der Waals surface area contributed by atoms with Gasteiger partial charge in [-0.25, -0.2) is 4.98 Å². The van der Waals surface area contributed by atoms with Crippen molar-refractivity contribution < 1.29 is 0 Å². The second kappa shape index (κ2) is 6.60. The molecular formula is C21H23N3. The van der Waals surface area contributed by atoms with Gasteiger partial charge in [-0.15, -0.1) is 0 Å². The Morgan fingerprint density at radius 2 is 1.83 bits per heavy atom. The molecule has 3 heteroatoms. The van der Waals surface area contributed by atoms with Gasteiger partial charge in [0, 0.05) is 12.3 Å². The normalized spacial score (nSPS) is 16.2. The van der Waals surface area contributed by atoms with Crippen LogP contribution in [-0.2, 0) is 0 Å². The van der Waals surface area contributed by atoms with Crippen LogP contribution in [0, 0.1) is 6.92 Å². The highest BCUT2D eigenvalue weighted by Gasteiger charge is 2.19. The minimum atomic E-state index is 0.613. The summed E-state index contributed by atoms with van der Waals surface area (Å²) >= 11 is 0. The summed E-state index contributed by atoms with van der Waals surface area (Å²) in [7, 11) is 0. The molecule has 1 fully saturated rings. The summed E-state index contributed by atoms with van der Waals surface area (Å²) in [5.74, 6) is 1.13. The number of aliphatic imine (C=N–C) groups is 1. The van der Waals surface area contributed by atoms with E-state index in [0.29, 0.717) is 6.04 Å². The molecule has 0 atom stereocenters. The lowest BCUT2D eigenvalue weighted by molar-refractivity contribution is 0.355. The first kappa shape index (κ1) is 15.1. The molecule has 0 saturated heterocycles. The van der Waals surface area contributed by atoms with E-state index in [1.54, 1.807) is 0 Å². The van der Waals surface area contributed by atoms with Gasteiger partial charge in [0.25, 0.3) is 0 Å². The highest BCUT2D eigenvalue weighted by atomic mass is 15.1. The van der Waals surface area contributed by atoms with Crippen molar-refractivity contribution in [3.05, 3.63) is 59.9 Å². The minimum absolute atomic E-state index is 0.613. The van der Waals surface area contributed by atoms with Crippen molar-refractivity contribution in [1.29, 1.82) is 0 Å². The topological polar surface area (TPSA) is 30.2 Å². The summed E-state index contributed by atoms with van der Waals surface area (Å²) in [5, 5.41) is 0. The van der Waals surface area contributed by atoms with Crippen LogP contribution < -0.4 is 0 Å². The Labute approximate surface area is 143 Å². The molecule has 3 aromatic rings. The Hall–Kier alpha value is -2.42. The maximum absolute atomic E-state index is 4.79. The minimum Gasteiger partial charge on any atom is -0.325 e. The third-order valence-electron chi connectivity index (χ3n) is 4.95. The number of aryl methyl sites for hydroxylation is 1. The molecule has 3 nitrogen and oxygen atoms in total. The average Bonchev–Trinajstić information content (AvgIpc) is 2.96. The van der Waals surface area contributed by atoms with Crippen molar-refractivity contribution >= 4 is 22.9 Å². The summed E-state index contributed by atoms with van der Waals surface area (Å²) in [6.07, 6.45) is 8.51. The quantitative estimate of drug-likeness (QED) is 0.578.